The third kappa shape index (κ3) is 4.01. The van der Waals surface area contributed by atoms with Crippen molar-refractivity contribution in [1.82, 2.24) is 5.32 Å². The Morgan fingerprint density at radius 1 is 1.00 bits per heavy atom. The molecule has 6 rings (SSSR count). The molecule has 4 heteroatoms. The van der Waals surface area contributed by atoms with Gasteiger partial charge >= 0.3 is 0 Å². The normalized spacial score (nSPS) is 34.3. The van der Waals surface area contributed by atoms with Crippen LogP contribution in [0.2, 0.25) is 0 Å². The minimum Gasteiger partial charge on any atom is -0.490 e. The first-order valence-corrected chi connectivity index (χ1v) is 12.4. The Morgan fingerprint density at radius 3 is 2.47 bits per heavy atom. The molecule has 0 saturated heterocycles. The van der Waals surface area contributed by atoms with E-state index in [0.717, 1.165) is 24.0 Å². The molecule has 1 N–H and O–H groups in total. The quantitative estimate of drug-likeness (QED) is 0.519. The summed E-state index contributed by atoms with van der Waals surface area (Å²) < 4.78 is 12.0. The van der Waals surface area contributed by atoms with E-state index in [4.69, 9.17) is 9.47 Å². The van der Waals surface area contributed by atoms with Crippen molar-refractivity contribution in [2.45, 2.75) is 78.0 Å². The van der Waals surface area contributed by atoms with Gasteiger partial charge in [0.15, 0.2) is 11.5 Å². The zero-order chi connectivity index (χ0) is 20.8. The molecule has 4 fully saturated rings. The highest BCUT2D eigenvalue weighted by molar-refractivity contribution is 7.09. The summed E-state index contributed by atoms with van der Waals surface area (Å²) >= 11 is 1.72. The smallest absolute Gasteiger partial charge is 0.161 e. The third-order valence-corrected chi connectivity index (χ3v) is 8.40. The van der Waals surface area contributed by atoms with Gasteiger partial charge < -0.3 is 14.8 Å². The first kappa shape index (κ1) is 20.4. The van der Waals surface area contributed by atoms with Crippen LogP contribution >= 0.6 is 11.3 Å². The molecule has 4 atom stereocenters. The standard InChI is InChI=1S/C26H35NO2S/c1-4-28-23-10-19(7-8-22(23)29-15-21-6-5-9-30-21)14-27-26-13-20-11-24(2,17-26)16-25(3,12-20)18-26/h5-10,20,27H,4,11-18H2,1-3H3/t20?,24-,25+,26?. The largest absolute Gasteiger partial charge is 0.490 e. The molecule has 4 bridgehead atoms. The molecule has 2 aromatic rings. The van der Waals surface area contributed by atoms with Gasteiger partial charge in [0, 0.05) is 17.0 Å². The Labute approximate surface area is 185 Å². The fourth-order valence-corrected chi connectivity index (χ4v) is 8.14. The van der Waals surface area contributed by atoms with Crippen LogP contribution in [0.4, 0.5) is 0 Å². The van der Waals surface area contributed by atoms with Gasteiger partial charge in [0.05, 0.1) is 6.61 Å². The minimum atomic E-state index is 0.322. The molecule has 162 valence electrons. The average molecular weight is 426 g/mol. The average Bonchev–Trinajstić information content (AvgIpc) is 3.17. The molecule has 0 radical (unpaired) electrons. The summed E-state index contributed by atoms with van der Waals surface area (Å²) in [5, 5.41) is 6.13. The van der Waals surface area contributed by atoms with Crippen molar-refractivity contribution < 1.29 is 9.47 Å². The number of benzene rings is 1. The number of hydrogen-bond acceptors (Lipinski definition) is 4. The van der Waals surface area contributed by atoms with Gasteiger partial charge in [0.1, 0.15) is 6.61 Å². The van der Waals surface area contributed by atoms with Crippen molar-refractivity contribution in [3.8, 4) is 11.5 Å². The van der Waals surface area contributed by atoms with E-state index in [1.807, 2.05) is 6.92 Å². The third-order valence-electron chi connectivity index (χ3n) is 7.55. The van der Waals surface area contributed by atoms with Crippen molar-refractivity contribution in [2.24, 2.45) is 16.7 Å². The fraction of sp³-hybridized carbons (Fsp3) is 0.615. The highest BCUT2D eigenvalue weighted by Crippen LogP contribution is 2.66. The summed E-state index contributed by atoms with van der Waals surface area (Å²) in [6.07, 6.45) is 8.34. The van der Waals surface area contributed by atoms with E-state index in [0.29, 0.717) is 29.6 Å². The number of thiophene rings is 1. The van der Waals surface area contributed by atoms with Crippen LogP contribution in [-0.2, 0) is 13.2 Å². The van der Waals surface area contributed by atoms with Crippen LogP contribution < -0.4 is 14.8 Å². The molecular weight excluding hydrogens is 390 g/mol. The van der Waals surface area contributed by atoms with Crippen LogP contribution in [0.1, 0.15) is 69.7 Å². The topological polar surface area (TPSA) is 30.5 Å². The second-order valence-corrected chi connectivity index (χ2v) is 11.9. The maximum Gasteiger partial charge on any atom is 0.161 e. The van der Waals surface area contributed by atoms with Crippen LogP contribution in [0.3, 0.4) is 0 Å². The lowest BCUT2D eigenvalue weighted by Gasteiger charge is -2.65. The number of rotatable bonds is 8. The van der Waals surface area contributed by atoms with E-state index in [2.05, 4.69) is 54.9 Å². The van der Waals surface area contributed by atoms with Crippen molar-refractivity contribution in [3.05, 3.63) is 46.2 Å². The molecular formula is C26H35NO2S. The first-order valence-electron chi connectivity index (χ1n) is 11.5. The number of nitrogens with one attached hydrogen (secondary N) is 1. The van der Waals surface area contributed by atoms with Crippen molar-refractivity contribution >= 4 is 11.3 Å². The highest BCUT2D eigenvalue weighted by atomic mass is 32.1. The van der Waals surface area contributed by atoms with Gasteiger partial charge in [-0.05, 0) is 91.3 Å². The molecule has 4 saturated carbocycles. The van der Waals surface area contributed by atoms with E-state index < -0.39 is 0 Å². The molecule has 0 amide bonds. The Kier molecular flexibility index (Phi) is 5.14. The van der Waals surface area contributed by atoms with E-state index >= 15 is 0 Å². The molecule has 2 unspecified atom stereocenters. The van der Waals surface area contributed by atoms with E-state index in [9.17, 15) is 0 Å². The van der Waals surface area contributed by atoms with E-state index in [1.54, 1.807) is 11.3 Å². The Morgan fingerprint density at radius 2 is 1.80 bits per heavy atom. The van der Waals surface area contributed by atoms with Crippen molar-refractivity contribution in [1.29, 1.82) is 0 Å². The van der Waals surface area contributed by atoms with Crippen LogP contribution in [0.25, 0.3) is 0 Å². The van der Waals surface area contributed by atoms with Gasteiger partial charge in [0.25, 0.3) is 0 Å². The Hall–Kier alpha value is -1.52. The second kappa shape index (κ2) is 7.56. The predicted molar refractivity (Wildman–Crippen MR) is 123 cm³/mol. The summed E-state index contributed by atoms with van der Waals surface area (Å²) in [6.45, 7) is 9.26. The van der Waals surface area contributed by atoms with E-state index in [1.165, 1.54) is 49.0 Å². The predicted octanol–water partition coefficient (Wildman–Crippen LogP) is 6.56. The van der Waals surface area contributed by atoms with Crippen molar-refractivity contribution in [3.63, 3.8) is 0 Å². The Bertz CT molecular complexity index is 874. The number of ether oxygens (including phenoxy) is 2. The molecule has 1 aromatic carbocycles. The lowest BCUT2D eigenvalue weighted by molar-refractivity contribution is -0.118. The van der Waals surface area contributed by atoms with E-state index in [-0.39, 0.29) is 0 Å². The fourth-order valence-electron chi connectivity index (χ4n) is 7.53. The highest BCUT2D eigenvalue weighted by Gasteiger charge is 2.59. The maximum absolute atomic E-state index is 6.06. The lowest BCUT2D eigenvalue weighted by atomic mass is 9.43. The van der Waals surface area contributed by atoms with Gasteiger partial charge in [0.2, 0.25) is 0 Å². The number of hydrogen-bond donors (Lipinski definition) is 1. The monoisotopic (exact) mass is 425 g/mol. The SMILES string of the molecule is CCOc1cc(CNC23CC4C[C@@](C)(C2)C[C@](C)(C4)C3)ccc1OCc1cccs1. The summed E-state index contributed by atoms with van der Waals surface area (Å²) in [5.74, 6) is 2.61. The molecule has 3 nitrogen and oxygen atoms in total. The second-order valence-electron chi connectivity index (χ2n) is 10.8. The van der Waals surface area contributed by atoms with Crippen LogP contribution in [0.15, 0.2) is 35.7 Å². The minimum absolute atomic E-state index is 0.322. The molecule has 4 aliphatic rings. The molecule has 1 heterocycles. The molecule has 0 spiro atoms. The molecule has 4 aliphatic carbocycles. The maximum atomic E-state index is 6.06. The van der Waals surface area contributed by atoms with Gasteiger partial charge in [-0.25, -0.2) is 0 Å². The summed E-state index contributed by atoms with van der Waals surface area (Å²) in [6, 6.07) is 10.6. The Balaban J connectivity index is 1.28. The van der Waals surface area contributed by atoms with Gasteiger partial charge in [-0.15, -0.1) is 11.3 Å². The summed E-state index contributed by atoms with van der Waals surface area (Å²) in [5.41, 5.74) is 2.69. The van der Waals surface area contributed by atoms with Gasteiger partial charge in [-0.2, -0.15) is 0 Å². The van der Waals surface area contributed by atoms with Crippen LogP contribution in [0, 0.1) is 16.7 Å². The van der Waals surface area contributed by atoms with Gasteiger partial charge in [-0.1, -0.05) is 26.0 Å². The summed E-state index contributed by atoms with van der Waals surface area (Å²) in [4.78, 5) is 1.23. The lowest BCUT2D eigenvalue weighted by Crippen LogP contribution is -2.63. The van der Waals surface area contributed by atoms with Crippen LogP contribution in [0.5, 0.6) is 11.5 Å². The van der Waals surface area contributed by atoms with Crippen molar-refractivity contribution in [2.75, 3.05) is 6.61 Å². The summed E-state index contributed by atoms with van der Waals surface area (Å²) in [7, 11) is 0. The first-order chi connectivity index (χ1) is 14.4. The molecule has 30 heavy (non-hydrogen) atoms. The molecule has 0 aliphatic heterocycles. The zero-order valence-corrected chi connectivity index (χ0v) is 19.4. The van der Waals surface area contributed by atoms with Gasteiger partial charge in [-0.3, -0.25) is 0 Å². The zero-order valence-electron chi connectivity index (χ0n) is 18.6. The molecule has 1 aromatic heterocycles. The van der Waals surface area contributed by atoms with Crippen LogP contribution in [-0.4, -0.2) is 12.1 Å².